The minimum absolute atomic E-state index is 0.0422. The van der Waals surface area contributed by atoms with Gasteiger partial charge in [-0.05, 0) is 46.3 Å². The summed E-state index contributed by atoms with van der Waals surface area (Å²) in [4.78, 5) is 15.7. The van der Waals surface area contributed by atoms with Gasteiger partial charge in [0.15, 0.2) is 0 Å². The van der Waals surface area contributed by atoms with E-state index >= 15 is 0 Å². The number of carbonyl (C=O) groups is 1. The Balaban J connectivity index is 2.24. The first-order valence-corrected chi connectivity index (χ1v) is 7.75. The molecular weight excluding hydrogens is 346 g/mol. The minimum atomic E-state index is -3.80. The Bertz CT molecular complexity index is 748. The molecule has 6 nitrogen and oxygen atoms in total. The zero-order valence-corrected chi connectivity index (χ0v) is 12.5. The molecule has 0 saturated carbocycles. The number of pyridine rings is 1. The second-order valence-corrected chi connectivity index (χ2v) is 6.26. The summed E-state index contributed by atoms with van der Waals surface area (Å²) >= 11 is 3.11. The van der Waals surface area contributed by atoms with Crippen molar-refractivity contribution in [3.63, 3.8) is 0 Å². The average Bonchev–Trinajstić information content (AvgIpc) is 2.38. The van der Waals surface area contributed by atoms with Crippen LogP contribution in [0.2, 0.25) is 0 Å². The standard InChI is InChI=1S/C12H10BrN3O3S/c13-10-7-9(1-2-11(10)20(14,18)19)16-12(17)8-3-5-15-6-4-8/h1-7H,(H,16,17)(H2,14,18,19). The van der Waals surface area contributed by atoms with Crippen LogP contribution in [0.5, 0.6) is 0 Å². The van der Waals surface area contributed by atoms with Crippen molar-refractivity contribution < 1.29 is 13.2 Å². The van der Waals surface area contributed by atoms with Crippen molar-refractivity contribution in [1.82, 2.24) is 4.98 Å². The van der Waals surface area contributed by atoms with Crippen molar-refractivity contribution in [2.75, 3.05) is 5.32 Å². The van der Waals surface area contributed by atoms with Gasteiger partial charge >= 0.3 is 0 Å². The largest absolute Gasteiger partial charge is 0.322 e. The molecule has 0 spiro atoms. The SMILES string of the molecule is NS(=O)(=O)c1ccc(NC(=O)c2ccncc2)cc1Br. The molecule has 0 aliphatic rings. The van der Waals surface area contributed by atoms with Crippen molar-refractivity contribution in [2.45, 2.75) is 4.90 Å². The van der Waals surface area contributed by atoms with Gasteiger partial charge in [0.1, 0.15) is 0 Å². The highest BCUT2D eigenvalue weighted by Gasteiger charge is 2.13. The molecule has 104 valence electrons. The van der Waals surface area contributed by atoms with E-state index in [0.717, 1.165) is 0 Å². The number of nitrogens with zero attached hydrogens (tertiary/aromatic N) is 1. The summed E-state index contributed by atoms with van der Waals surface area (Å²) in [5.41, 5.74) is 0.901. The smallest absolute Gasteiger partial charge is 0.255 e. The molecular formula is C12H10BrN3O3S. The van der Waals surface area contributed by atoms with Crippen LogP contribution in [0.25, 0.3) is 0 Å². The number of nitrogens with one attached hydrogen (secondary N) is 1. The molecule has 0 aliphatic carbocycles. The Morgan fingerprint density at radius 2 is 1.85 bits per heavy atom. The number of hydrogen-bond acceptors (Lipinski definition) is 4. The lowest BCUT2D eigenvalue weighted by Crippen LogP contribution is -2.14. The molecule has 0 fully saturated rings. The highest BCUT2D eigenvalue weighted by atomic mass is 79.9. The zero-order chi connectivity index (χ0) is 14.8. The molecule has 0 radical (unpaired) electrons. The second-order valence-electron chi connectivity index (χ2n) is 3.88. The van der Waals surface area contributed by atoms with E-state index in [4.69, 9.17) is 5.14 Å². The maximum atomic E-state index is 11.9. The van der Waals surface area contributed by atoms with E-state index in [1.807, 2.05) is 0 Å². The van der Waals surface area contributed by atoms with Gasteiger partial charge in [0.25, 0.3) is 5.91 Å². The van der Waals surface area contributed by atoms with E-state index in [2.05, 4.69) is 26.2 Å². The van der Waals surface area contributed by atoms with Gasteiger partial charge in [-0.2, -0.15) is 0 Å². The molecule has 0 aliphatic heterocycles. The van der Waals surface area contributed by atoms with Crippen LogP contribution >= 0.6 is 15.9 Å². The monoisotopic (exact) mass is 355 g/mol. The lowest BCUT2D eigenvalue weighted by Gasteiger charge is -2.07. The highest BCUT2D eigenvalue weighted by molar-refractivity contribution is 9.10. The Kier molecular flexibility index (Phi) is 4.17. The van der Waals surface area contributed by atoms with Gasteiger partial charge in [0.05, 0.1) is 4.90 Å². The number of amides is 1. The Hall–Kier alpha value is -1.77. The molecule has 2 aromatic rings. The van der Waals surface area contributed by atoms with Crippen molar-refractivity contribution in [3.8, 4) is 0 Å². The number of hydrogen-bond donors (Lipinski definition) is 2. The zero-order valence-electron chi connectivity index (χ0n) is 10.1. The molecule has 0 atom stereocenters. The third-order valence-corrected chi connectivity index (χ3v) is 4.33. The van der Waals surface area contributed by atoms with Gasteiger partial charge in [0.2, 0.25) is 10.0 Å². The number of sulfonamides is 1. The quantitative estimate of drug-likeness (QED) is 0.875. The van der Waals surface area contributed by atoms with Gasteiger partial charge < -0.3 is 5.32 Å². The lowest BCUT2D eigenvalue weighted by atomic mass is 10.2. The summed E-state index contributed by atoms with van der Waals surface area (Å²) in [6, 6.07) is 7.40. The van der Waals surface area contributed by atoms with Gasteiger partial charge in [0, 0.05) is 28.1 Å². The van der Waals surface area contributed by atoms with Gasteiger partial charge in [-0.1, -0.05) is 0 Å². The molecule has 3 N–H and O–H groups in total. The number of halogens is 1. The molecule has 0 bridgehead atoms. The van der Waals surface area contributed by atoms with Crippen molar-refractivity contribution >= 4 is 37.5 Å². The van der Waals surface area contributed by atoms with Gasteiger partial charge in [-0.15, -0.1) is 0 Å². The second kappa shape index (κ2) is 5.70. The summed E-state index contributed by atoms with van der Waals surface area (Å²) in [6.45, 7) is 0. The summed E-state index contributed by atoms with van der Waals surface area (Å²) in [7, 11) is -3.80. The van der Waals surface area contributed by atoms with E-state index in [-0.39, 0.29) is 15.3 Å². The van der Waals surface area contributed by atoms with Crippen molar-refractivity contribution in [2.24, 2.45) is 5.14 Å². The first-order valence-electron chi connectivity index (χ1n) is 5.41. The number of aromatic nitrogens is 1. The third kappa shape index (κ3) is 3.41. The van der Waals surface area contributed by atoms with Crippen LogP contribution in [0.4, 0.5) is 5.69 Å². The first-order chi connectivity index (χ1) is 9.38. The number of anilines is 1. The molecule has 0 unspecified atom stereocenters. The van der Waals surface area contributed by atoms with Crippen LogP contribution in [0.3, 0.4) is 0 Å². The summed E-state index contributed by atoms with van der Waals surface area (Å²) in [5.74, 6) is -0.317. The summed E-state index contributed by atoms with van der Waals surface area (Å²) < 4.78 is 22.8. The third-order valence-electron chi connectivity index (χ3n) is 2.44. The van der Waals surface area contributed by atoms with Crippen LogP contribution in [0, 0.1) is 0 Å². The lowest BCUT2D eigenvalue weighted by molar-refractivity contribution is 0.102. The predicted octanol–water partition coefficient (Wildman–Crippen LogP) is 1.74. The maximum absolute atomic E-state index is 11.9. The van der Waals surface area contributed by atoms with E-state index in [1.54, 1.807) is 12.1 Å². The molecule has 0 saturated heterocycles. The van der Waals surface area contributed by atoms with Gasteiger partial charge in [-0.3, -0.25) is 9.78 Å². The van der Waals surface area contributed by atoms with E-state index in [0.29, 0.717) is 11.3 Å². The van der Waals surface area contributed by atoms with Crippen LogP contribution in [-0.2, 0) is 10.0 Å². The van der Waals surface area contributed by atoms with Crippen LogP contribution in [-0.4, -0.2) is 19.3 Å². The molecule has 1 amide bonds. The number of rotatable bonds is 3. The van der Waals surface area contributed by atoms with Crippen LogP contribution in [0.15, 0.2) is 52.1 Å². The Morgan fingerprint density at radius 3 is 2.40 bits per heavy atom. The van der Waals surface area contributed by atoms with Crippen molar-refractivity contribution in [3.05, 3.63) is 52.8 Å². The number of benzene rings is 1. The molecule has 2 rings (SSSR count). The Morgan fingerprint density at radius 1 is 1.20 bits per heavy atom. The Labute approximate surface area is 124 Å². The molecule has 20 heavy (non-hydrogen) atoms. The first kappa shape index (κ1) is 14.6. The van der Waals surface area contributed by atoms with Crippen LogP contribution < -0.4 is 10.5 Å². The minimum Gasteiger partial charge on any atom is -0.322 e. The number of carbonyl (C=O) groups excluding carboxylic acids is 1. The summed E-state index contributed by atoms with van der Waals surface area (Å²) in [6.07, 6.45) is 3.02. The maximum Gasteiger partial charge on any atom is 0.255 e. The number of nitrogens with two attached hydrogens (primary N) is 1. The topological polar surface area (TPSA) is 102 Å². The van der Waals surface area contributed by atoms with Crippen LogP contribution in [0.1, 0.15) is 10.4 Å². The molecule has 8 heteroatoms. The highest BCUT2D eigenvalue weighted by Crippen LogP contribution is 2.24. The molecule has 1 aromatic carbocycles. The normalized spacial score (nSPS) is 11.1. The fourth-order valence-electron chi connectivity index (χ4n) is 1.52. The number of primary sulfonamides is 1. The average molecular weight is 356 g/mol. The molecule has 1 heterocycles. The summed E-state index contributed by atoms with van der Waals surface area (Å²) in [5, 5.41) is 7.69. The van der Waals surface area contributed by atoms with Crippen molar-refractivity contribution in [1.29, 1.82) is 0 Å². The van der Waals surface area contributed by atoms with E-state index in [1.165, 1.54) is 30.6 Å². The predicted molar refractivity (Wildman–Crippen MR) is 77.7 cm³/mol. The molecule has 1 aromatic heterocycles. The fraction of sp³-hybridized carbons (Fsp3) is 0. The van der Waals surface area contributed by atoms with E-state index < -0.39 is 10.0 Å². The van der Waals surface area contributed by atoms with E-state index in [9.17, 15) is 13.2 Å². The fourth-order valence-corrected chi connectivity index (χ4v) is 3.16. The van der Waals surface area contributed by atoms with Gasteiger partial charge in [-0.25, -0.2) is 13.6 Å².